The first-order valence-corrected chi connectivity index (χ1v) is 4.17. The second kappa shape index (κ2) is 2.26. The first-order chi connectivity index (χ1) is 4.88. The lowest BCUT2D eigenvalue weighted by Crippen LogP contribution is -2.48. The topological polar surface area (TPSA) is 20.3 Å². The van der Waals surface area contributed by atoms with Gasteiger partial charge < -0.3 is 4.90 Å². The first-order valence-electron chi connectivity index (χ1n) is 4.17. The highest BCUT2D eigenvalue weighted by Gasteiger charge is 2.32. The lowest BCUT2D eigenvalue weighted by atomic mass is 10.1. The molecule has 56 valence electrons. The fourth-order valence-corrected chi connectivity index (χ4v) is 1.93. The number of nitrogens with zero attached hydrogens (tertiary/aromatic N) is 1. The number of hydrogen-bond donors (Lipinski definition) is 0. The quantitative estimate of drug-likeness (QED) is 0.499. The molecule has 1 saturated carbocycles. The molecule has 1 aliphatic carbocycles. The molecule has 10 heavy (non-hydrogen) atoms. The van der Waals surface area contributed by atoms with Gasteiger partial charge in [-0.15, -0.1) is 0 Å². The van der Waals surface area contributed by atoms with Crippen LogP contribution in [0.5, 0.6) is 0 Å². The maximum absolute atomic E-state index is 10.9. The van der Waals surface area contributed by atoms with E-state index in [0.717, 1.165) is 13.0 Å². The summed E-state index contributed by atoms with van der Waals surface area (Å²) in [7, 11) is 0. The van der Waals surface area contributed by atoms with Crippen molar-refractivity contribution in [2.24, 2.45) is 0 Å². The standard InChI is InChI=1S/C8H13NO/c10-8-5-6-9(8)7-3-1-2-4-7/h7H,1-6H2. The zero-order chi connectivity index (χ0) is 6.97. The molecule has 2 heteroatoms. The van der Waals surface area contributed by atoms with Crippen molar-refractivity contribution in [1.29, 1.82) is 0 Å². The van der Waals surface area contributed by atoms with Crippen LogP contribution in [-0.2, 0) is 4.79 Å². The number of likely N-dealkylation sites (tertiary alicyclic amines) is 1. The van der Waals surface area contributed by atoms with Crippen LogP contribution in [0, 0.1) is 0 Å². The van der Waals surface area contributed by atoms with Gasteiger partial charge in [0.2, 0.25) is 5.91 Å². The maximum Gasteiger partial charge on any atom is 0.224 e. The normalized spacial score (nSPS) is 27.2. The molecule has 0 N–H and O–H groups in total. The van der Waals surface area contributed by atoms with Crippen LogP contribution in [0.15, 0.2) is 0 Å². The van der Waals surface area contributed by atoms with Gasteiger partial charge in [-0.05, 0) is 12.8 Å². The minimum atomic E-state index is 0.381. The summed E-state index contributed by atoms with van der Waals surface area (Å²) in [5, 5.41) is 0. The van der Waals surface area contributed by atoms with Crippen LogP contribution in [0.2, 0.25) is 0 Å². The van der Waals surface area contributed by atoms with E-state index in [1.165, 1.54) is 25.7 Å². The molecule has 1 aliphatic heterocycles. The van der Waals surface area contributed by atoms with Crippen LogP contribution in [0.3, 0.4) is 0 Å². The Morgan fingerprint density at radius 1 is 1.30 bits per heavy atom. The van der Waals surface area contributed by atoms with Gasteiger partial charge in [0.1, 0.15) is 0 Å². The molecule has 1 amide bonds. The average Bonchev–Trinajstić information content (AvgIpc) is 2.37. The summed E-state index contributed by atoms with van der Waals surface area (Å²) in [5.74, 6) is 0.381. The summed E-state index contributed by atoms with van der Waals surface area (Å²) in [4.78, 5) is 13.0. The summed E-state index contributed by atoms with van der Waals surface area (Å²) in [6.45, 7) is 1.03. The Morgan fingerprint density at radius 3 is 2.40 bits per heavy atom. The molecule has 0 bridgehead atoms. The van der Waals surface area contributed by atoms with Crippen molar-refractivity contribution in [3.05, 3.63) is 0 Å². The zero-order valence-corrected chi connectivity index (χ0v) is 6.18. The Morgan fingerprint density at radius 2 is 2.00 bits per heavy atom. The number of carbonyl (C=O) groups is 1. The molecule has 0 unspecified atom stereocenters. The van der Waals surface area contributed by atoms with Crippen molar-refractivity contribution >= 4 is 5.91 Å². The summed E-state index contributed by atoms with van der Waals surface area (Å²) in [6.07, 6.45) is 5.97. The smallest absolute Gasteiger partial charge is 0.224 e. The van der Waals surface area contributed by atoms with E-state index in [1.807, 2.05) is 4.90 Å². The minimum absolute atomic E-state index is 0.381. The van der Waals surface area contributed by atoms with E-state index in [1.54, 1.807) is 0 Å². The van der Waals surface area contributed by atoms with Gasteiger partial charge in [0.15, 0.2) is 0 Å². The van der Waals surface area contributed by atoms with E-state index in [9.17, 15) is 4.79 Å². The SMILES string of the molecule is O=C1CCN1C1CCCC1. The molecule has 1 heterocycles. The van der Waals surface area contributed by atoms with Gasteiger partial charge in [-0.25, -0.2) is 0 Å². The van der Waals surface area contributed by atoms with E-state index in [2.05, 4.69) is 0 Å². The van der Waals surface area contributed by atoms with E-state index >= 15 is 0 Å². The Balaban J connectivity index is 1.92. The first kappa shape index (κ1) is 6.20. The highest BCUT2D eigenvalue weighted by molar-refractivity contribution is 5.82. The van der Waals surface area contributed by atoms with Crippen LogP contribution < -0.4 is 0 Å². The molecule has 0 aromatic heterocycles. The predicted octanol–water partition coefficient (Wildman–Crippen LogP) is 1.16. The highest BCUT2D eigenvalue weighted by Crippen LogP contribution is 2.27. The summed E-state index contributed by atoms with van der Waals surface area (Å²) >= 11 is 0. The fraction of sp³-hybridized carbons (Fsp3) is 0.875. The van der Waals surface area contributed by atoms with Gasteiger partial charge in [0.05, 0.1) is 0 Å². The second-order valence-electron chi connectivity index (χ2n) is 3.28. The third-order valence-corrected chi connectivity index (χ3v) is 2.65. The van der Waals surface area contributed by atoms with E-state index in [-0.39, 0.29) is 0 Å². The Hall–Kier alpha value is -0.530. The molecule has 0 radical (unpaired) electrons. The van der Waals surface area contributed by atoms with Crippen molar-refractivity contribution in [2.75, 3.05) is 6.54 Å². The summed E-state index contributed by atoms with van der Waals surface area (Å²) < 4.78 is 0. The lowest BCUT2D eigenvalue weighted by molar-refractivity contribution is -0.142. The number of hydrogen-bond acceptors (Lipinski definition) is 1. The third-order valence-electron chi connectivity index (χ3n) is 2.65. The number of β-lactam (4-membered cyclic amide) rings is 1. The van der Waals surface area contributed by atoms with Crippen molar-refractivity contribution in [1.82, 2.24) is 4.90 Å². The summed E-state index contributed by atoms with van der Waals surface area (Å²) in [5.41, 5.74) is 0. The van der Waals surface area contributed by atoms with Crippen molar-refractivity contribution in [2.45, 2.75) is 38.1 Å². The number of amides is 1. The zero-order valence-electron chi connectivity index (χ0n) is 6.18. The minimum Gasteiger partial charge on any atom is -0.339 e. The van der Waals surface area contributed by atoms with Crippen LogP contribution in [0.1, 0.15) is 32.1 Å². The maximum atomic E-state index is 10.9. The molecule has 2 fully saturated rings. The van der Waals surface area contributed by atoms with E-state index in [4.69, 9.17) is 0 Å². The van der Waals surface area contributed by atoms with Crippen molar-refractivity contribution < 1.29 is 4.79 Å². The third kappa shape index (κ3) is 0.825. The monoisotopic (exact) mass is 139 g/mol. The molecular weight excluding hydrogens is 126 g/mol. The van der Waals surface area contributed by atoms with Crippen molar-refractivity contribution in [3.63, 3.8) is 0 Å². The number of rotatable bonds is 1. The van der Waals surface area contributed by atoms with E-state index < -0.39 is 0 Å². The molecule has 0 aromatic carbocycles. The van der Waals surface area contributed by atoms with Gasteiger partial charge in [0, 0.05) is 19.0 Å². The van der Waals surface area contributed by atoms with Crippen LogP contribution in [-0.4, -0.2) is 23.4 Å². The molecule has 0 aromatic rings. The van der Waals surface area contributed by atoms with Crippen LogP contribution in [0.25, 0.3) is 0 Å². The van der Waals surface area contributed by atoms with Gasteiger partial charge in [-0.2, -0.15) is 0 Å². The largest absolute Gasteiger partial charge is 0.339 e. The molecule has 2 rings (SSSR count). The summed E-state index contributed by atoms with van der Waals surface area (Å²) in [6, 6.07) is 0.626. The Kier molecular flexibility index (Phi) is 1.40. The van der Waals surface area contributed by atoms with Gasteiger partial charge >= 0.3 is 0 Å². The predicted molar refractivity (Wildman–Crippen MR) is 38.6 cm³/mol. The molecule has 0 atom stereocenters. The lowest BCUT2D eigenvalue weighted by Gasteiger charge is -2.36. The molecule has 0 spiro atoms. The van der Waals surface area contributed by atoms with E-state index in [0.29, 0.717) is 11.9 Å². The fourth-order valence-electron chi connectivity index (χ4n) is 1.93. The van der Waals surface area contributed by atoms with Gasteiger partial charge in [-0.3, -0.25) is 4.79 Å². The van der Waals surface area contributed by atoms with Crippen LogP contribution >= 0.6 is 0 Å². The average molecular weight is 139 g/mol. The van der Waals surface area contributed by atoms with Gasteiger partial charge in [-0.1, -0.05) is 12.8 Å². The van der Waals surface area contributed by atoms with Crippen molar-refractivity contribution in [3.8, 4) is 0 Å². The second-order valence-corrected chi connectivity index (χ2v) is 3.28. The van der Waals surface area contributed by atoms with Crippen LogP contribution in [0.4, 0.5) is 0 Å². The van der Waals surface area contributed by atoms with Gasteiger partial charge in [0.25, 0.3) is 0 Å². The molecular formula is C8H13NO. The number of carbonyl (C=O) groups excluding carboxylic acids is 1. The molecule has 2 nitrogen and oxygen atoms in total. The highest BCUT2D eigenvalue weighted by atomic mass is 16.2. The molecule has 2 aliphatic rings. The Bertz CT molecular complexity index is 149. The Labute approximate surface area is 61.2 Å². The molecule has 1 saturated heterocycles.